The number of hydrogen-bond donors (Lipinski definition) is 0. The number of rotatable bonds is 5. The predicted molar refractivity (Wildman–Crippen MR) is 121 cm³/mol. The number of ether oxygens (including phenoxy) is 2. The molecule has 2 aromatic rings. The monoisotopic (exact) mass is 421 g/mol. The lowest BCUT2D eigenvalue weighted by atomic mass is 9.88. The van der Waals surface area contributed by atoms with Gasteiger partial charge in [0.1, 0.15) is 17.6 Å². The number of aldehydes is 1. The van der Waals surface area contributed by atoms with Crippen LogP contribution in [-0.2, 0) is 4.74 Å². The number of carbonyl (C=O) groups excluding carboxylic acids is 2. The average Bonchev–Trinajstić information content (AvgIpc) is 3.47. The van der Waals surface area contributed by atoms with Crippen LogP contribution in [0.2, 0.25) is 0 Å². The van der Waals surface area contributed by atoms with Crippen LogP contribution >= 0.6 is 0 Å². The minimum Gasteiger partial charge on any atom is -0.496 e. The zero-order valence-electron chi connectivity index (χ0n) is 18.8. The van der Waals surface area contributed by atoms with Crippen LogP contribution in [-0.4, -0.2) is 43.1 Å². The molecule has 1 aliphatic carbocycles. The van der Waals surface area contributed by atoms with E-state index in [1.807, 2.05) is 39.0 Å². The maximum atomic E-state index is 12.5. The molecular weight excluding hydrogens is 390 g/mol. The van der Waals surface area contributed by atoms with Crippen molar-refractivity contribution in [2.75, 3.05) is 20.2 Å². The molecule has 0 bridgehead atoms. The molecule has 2 aliphatic rings. The van der Waals surface area contributed by atoms with Gasteiger partial charge in [-0.3, -0.25) is 4.79 Å². The summed E-state index contributed by atoms with van der Waals surface area (Å²) >= 11 is 0. The molecule has 1 amide bonds. The molecule has 1 saturated heterocycles. The third kappa shape index (κ3) is 4.60. The second kappa shape index (κ2) is 8.37. The normalized spacial score (nSPS) is 18.7. The second-order valence-corrected chi connectivity index (χ2v) is 9.57. The van der Waals surface area contributed by atoms with Crippen molar-refractivity contribution in [2.45, 2.75) is 57.5 Å². The van der Waals surface area contributed by atoms with Crippen molar-refractivity contribution in [2.24, 2.45) is 0 Å². The summed E-state index contributed by atoms with van der Waals surface area (Å²) < 4.78 is 11.3. The van der Waals surface area contributed by atoms with Crippen LogP contribution in [0, 0.1) is 0 Å². The Labute approximate surface area is 184 Å². The van der Waals surface area contributed by atoms with Crippen molar-refractivity contribution in [3.63, 3.8) is 0 Å². The first-order valence-corrected chi connectivity index (χ1v) is 11.0. The van der Waals surface area contributed by atoms with Crippen molar-refractivity contribution >= 4 is 12.4 Å². The molecule has 0 aromatic heterocycles. The van der Waals surface area contributed by atoms with Crippen LogP contribution in [0.5, 0.6) is 5.75 Å². The number of carbonyl (C=O) groups is 2. The molecule has 2 fully saturated rings. The second-order valence-electron chi connectivity index (χ2n) is 9.57. The molecule has 4 rings (SSSR count). The number of likely N-dealkylation sites (tertiary alicyclic amines) is 1. The average molecular weight is 422 g/mol. The number of nitrogens with zero attached hydrogens (tertiary/aromatic N) is 1. The molecule has 0 radical (unpaired) electrons. The van der Waals surface area contributed by atoms with Gasteiger partial charge in [0.05, 0.1) is 7.11 Å². The van der Waals surface area contributed by atoms with Gasteiger partial charge in [-0.25, -0.2) is 4.79 Å². The molecule has 0 N–H and O–H groups in total. The Bertz CT molecular complexity index is 987. The van der Waals surface area contributed by atoms with E-state index >= 15 is 0 Å². The summed E-state index contributed by atoms with van der Waals surface area (Å²) in [4.78, 5) is 26.3. The molecular formula is C26H31NO4. The Morgan fingerprint density at radius 1 is 1.10 bits per heavy atom. The summed E-state index contributed by atoms with van der Waals surface area (Å²) in [5, 5.41) is 0. The molecule has 1 atom stereocenters. The topological polar surface area (TPSA) is 55.8 Å². The molecule has 0 spiro atoms. The van der Waals surface area contributed by atoms with Crippen molar-refractivity contribution in [3.05, 3.63) is 53.1 Å². The fourth-order valence-corrected chi connectivity index (χ4v) is 4.51. The summed E-state index contributed by atoms with van der Waals surface area (Å²) in [6.45, 7) is 6.72. The van der Waals surface area contributed by atoms with Crippen LogP contribution in [0.15, 0.2) is 36.4 Å². The molecule has 1 heterocycles. The fraction of sp³-hybridized carbons (Fsp3) is 0.462. The van der Waals surface area contributed by atoms with Crippen LogP contribution in [0.25, 0.3) is 11.1 Å². The first-order valence-electron chi connectivity index (χ1n) is 11.0. The van der Waals surface area contributed by atoms with E-state index < -0.39 is 5.60 Å². The Morgan fingerprint density at radius 3 is 2.48 bits per heavy atom. The SMILES string of the molecule is COc1cc(-c2ccccc2C2CC2)cc(C=O)c1C1CCN(C(=O)OC(C)(C)C)C1. The zero-order valence-corrected chi connectivity index (χ0v) is 18.8. The van der Waals surface area contributed by atoms with E-state index in [-0.39, 0.29) is 12.0 Å². The minimum absolute atomic E-state index is 0.0374. The number of amides is 1. The highest BCUT2D eigenvalue weighted by atomic mass is 16.6. The highest BCUT2D eigenvalue weighted by molar-refractivity contribution is 5.84. The maximum absolute atomic E-state index is 12.5. The van der Waals surface area contributed by atoms with Crippen molar-refractivity contribution < 1.29 is 19.1 Å². The zero-order chi connectivity index (χ0) is 22.2. The highest BCUT2D eigenvalue weighted by Gasteiger charge is 2.34. The summed E-state index contributed by atoms with van der Waals surface area (Å²) in [6, 6.07) is 12.4. The molecule has 31 heavy (non-hydrogen) atoms. The Morgan fingerprint density at radius 2 is 1.84 bits per heavy atom. The Kier molecular flexibility index (Phi) is 5.78. The standard InChI is InChI=1S/C26H31NO4/c1-26(2,3)31-25(29)27-12-11-18(15-27)24-20(16-28)13-19(14-23(24)30-4)22-8-6-5-7-21(22)17-9-10-17/h5-8,13-14,16-18H,9-12,15H2,1-4H3. The van der Waals surface area contributed by atoms with Crippen LogP contribution in [0.3, 0.4) is 0 Å². The first-order chi connectivity index (χ1) is 14.8. The van der Waals surface area contributed by atoms with Gasteiger partial charge < -0.3 is 14.4 Å². The molecule has 5 heteroatoms. The van der Waals surface area contributed by atoms with Gasteiger partial charge in [0.2, 0.25) is 0 Å². The van der Waals surface area contributed by atoms with Crippen LogP contribution < -0.4 is 4.74 Å². The Hall–Kier alpha value is -2.82. The fourth-order valence-electron chi connectivity index (χ4n) is 4.51. The van der Waals surface area contributed by atoms with Crippen LogP contribution in [0.1, 0.15) is 73.4 Å². The van der Waals surface area contributed by atoms with Crippen molar-refractivity contribution in [1.29, 1.82) is 0 Å². The summed E-state index contributed by atoms with van der Waals surface area (Å²) in [5.41, 5.74) is 4.50. The number of methoxy groups -OCH3 is 1. The van der Waals surface area contributed by atoms with Gasteiger partial charge in [-0.2, -0.15) is 0 Å². The summed E-state index contributed by atoms with van der Waals surface area (Å²) in [6.07, 6.45) is 3.81. The van der Waals surface area contributed by atoms with Gasteiger partial charge in [0.15, 0.2) is 0 Å². The predicted octanol–water partition coefficient (Wildman–Crippen LogP) is 5.78. The summed E-state index contributed by atoms with van der Waals surface area (Å²) in [5.74, 6) is 1.36. The molecule has 1 unspecified atom stereocenters. The Balaban J connectivity index is 1.65. The van der Waals surface area contributed by atoms with E-state index in [0.717, 1.165) is 23.8 Å². The smallest absolute Gasteiger partial charge is 0.410 e. The molecule has 164 valence electrons. The molecule has 1 saturated carbocycles. The lowest BCUT2D eigenvalue weighted by Crippen LogP contribution is -2.35. The lowest BCUT2D eigenvalue weighted by molar-refractivity contribution is 0.0292. The molecule has 2 aromatic carbocycles. The van der Waals surface area contributed by atoms with Gasteiger partial charge in [-0.05, 0) is 74.8 Å². The van der Waals surface area contributed by atoms with Crippen molar-refractivity contribution in [3.8, 4) is 16.9 Å². The van der Waals surface area contributed by atoms with Gasteiger partial charge >= 0.3 is 6.09 Å². The molecule has 1 aliphatic heterocycles. The third-order valence-corrected chi connectivity index (χ3v) is 6.06. The van der Waals surface area contributed by atoms with Crippen LogP contribution in [0.4, 0.5) is 4.79 Å². The van der Waals surface area contributed by atoms with E-state index in [1.54, 1.807) is 12.0 Å². The van der Waals surface area contributed by atoms with Crippen molar-refractivity contribution in [1.82, 2.24) is 4.90 Å². The minimum atomic E-state index is -0.530. The number of hydrogen-bond acceptors (Lipinski definition) is 4. The number of benzene rings is 2. The van der Waals surface area contributed by atoms with E-state index in [4.69, 9.17) is 9.47 Å². The van der Waals surface area contributed by atoms with E-state index in [9.17, 15) is 9.59 Å². The molecule has 5 nitrogen and oxygen atoms in total. The highest BCUT2D eigenvalue weighted by Crippen LogP contribution is 2.46. The van der Waals surface area contributed by atoms with E-state index in [0.29, 0.717) is 30.3 Å². The quantitative estimate of drug-likeness (QED) is 0.575. The van der Waals surface area contributed by atoms with Gasteiger partial charge in [-0.1, -0.05) is 24.3 Å². The van der Waals surface area contributed by atoms with Gasteiger partial charge in [0.25, 0.3) is 0 Å². The van der Waals surface area contributed by atoms with E-state index in [2.05, 4.69) is 18.2 Å². The third-order valence-electron chi connectivity index (χ3n) is 6.06. The maximum Gasteiger partial charge on any atom is 0.410 e. The largest absolute Gasteiger partial charge is 0.496 e. The van der Waals surface area contributed by atoms with E-state index in [1.165, 1.54) is 24.0 Å². The van der Waals surface area contributed by atoms with Gasteiger partial charge in [-0.15, -0.1) is 0 Å². The van der Waals surface area contributed by atoms with Gasteiger partial charge in [0, 0.05) is 30.1 Å². The first kappa shape index (κ1) is 21.4. The summed E-state index contributed by atoms with van der Waals surface area (Å²) in [7, 11) is 1.64. The lowest BCUT2D eigenvalue weighted by Gasteiger charge is -2.25.